The van der Waals surface area contributed by atoms with Crippen LogP contribution in [0.1, 0.15) is 12.7 Å². The molecule has 0 saturated heterocycles. The second-order valence-corrected chi connectivity index (χ2v) is 4.51. The standard InChI is InChI=1S/C14H15ClFN3O/c1-3-19(11-6-4-10(16)5-7-11)14-8-12(15)17-13(18-14)9-20-2/h4-8H,3,9H2,1-2H3. The Morgan fingerprint density at radius 1 is 1.25 bits per heavy atom. The van der Waals surface area contributed by atoms with Gasteiger partial charge >= 0.3 is 0 Å². The van der Waals surface area contributed by atoms with Crippen LogP contribution in [0.15, 0.2) is 30.3 Å². The van der Waals surface area contributed by atoms with Crippen molar-refractivity contribution in [3.05, 3.63) is 47.1 Å². The Balaban J connectivity index is 2.38. The lowest BCUT2D eigenvalue weighted by molar-refractivity contribution is 0.178. The molecule has 106 valence electrons. The maximum absolute atomic E-state index is 13.0. The minimum atomic E-state index is -0.273. The Morgan fingerprint density at radius 2 is 1.95 bits per heavy atom. The highest BCUT2D eigenvalue weighted by atomic mass is 35.5. The van der Waals surface area contributed by atoms with Crippen LogP contribution in [0.5, 0.6) is 0 Å². The van der Waals surface area contributed by atoms with E-state index in [-0.39, 0.29) is 12.4 Å². The highest BCUT2D eigenvalue weighted by molar-refractivity contribution is 6.29. The summed E-state index contributed by atoms with van der Waals surface area (Å²) in [6.07, 6.45) is 0. The van der Waals surface area contributed by atoms with Gasteiger partial charge in [0.1, 0.15) is 23.4 Å². The molecule has 2 aromatic rings. The molecule has 0 fully saturated rings. The Kier molecular flexibility index (Phi) is 4.87. The summed E-state index contributed by atoms with van der Waals surface area (Å²) in [4.78, 5) is 10.4. The van der Waals surface area contributed by atoms with E-state index in [9.17, 15) is 4.39 Å². The first-order valence-electron chi connectivity index (χ1n) is 6.19. The van der Waals surface area contributed by atoms with Gasteiger partial charge in [-0.05, 0) is 31.2 Å². The van der Waals surface area contributed by atoms with E-state index in [1.807, 2.05) is 11.8 Å². The van der Waals surface area contributed by atoms with E-state index in [0.29, 0.717) is 23.3 Å². The molecule has 6 heteroatoms. The molecule has 20 heavy (non-hydrogen) atoms. The summed E-state index contributed by atoms with van der Waals surface area (Å²) < 4.78 is 18.0. The number of methoxy groups -OCH3 is 1. The lowest BCUT2D eigenvalue weighted by Crippen LogP contribution is -2.18. The van der Waals surface area contributed by atoms with Crippen molar-refractivity contribution in [2.45, 2.75) is 13.5 Å². The van der Waals surface area contributed by atoms with Gasteiger partial charge < -0.3 is 9.64 Å². The smallest absolute Gasteiger partial charge is 0.158 e. The molecular weight excluding hydrogens is 281 g/mol. The molecule has 0 aliphatic heterocycles. The molecule has 1 aromatic heterocycles. The lowest BCUT2D eigenvalue weighted by atomic mass is 10.2. The van der Waals surface area contributed by atoms with Crippen LogP contribution in [0.25, 0.3) is 0 Å². The van der Waals surface area contributed by atoms with Crippen molar-refractivity contribution in [1.29, 1.82) is 0 Å². The van der Waals surface area contributed by atoms with E-state index in [1.165, 1.54) is 12.1 Å². The van der Waals surface area contributed by atoms with Gasteiger partial charge in [-0.1, -0.05) is 11.6 Å². The molecule has 1 heterocycles. The van der Waals surface area contributed by atoms with Crippen molar-refractivity contribution in [3.63, 3.8) is 0 Å². The summed E-state index contributed by atoms with van der Waals surface area (Å²) in [5, 5.41) is 0.350. The van der Waals surface area contributed by atoms with Crippen LogP contribution in [-0.2, 0) is 11.3 Å². The average Bonchev–Trinajstić information content (AvgIpc) is 2.41. The van der Waals surface area contributed by atoms with Gasteiger partial charge in [0.15, 0.2) is 5.82 Å². The Morgan fingerprint density at radius 3 is 2.55 bits per heavy atom. The molecule has 0 spiro atoms. The largest absolute Gasteiger partial charge is 0.377 e. The summed E-state index contributed by atoms with van der Waals surface area (Å²) in [5.74, 6) is 0.896. The third-order valence-electron chi connectivity index (χ3n) is 2.73. The van der Waals surface area contributed by atoms with E-state index < -0.39 is 0 Å². The molecule has 1 aromatic carbocycles. The summed E-state index contributed by atoms with van der Waals surface area (Å²) >= 11 is 6.01. The third-order valence-corrected chi connectivity index (χ3v) is 2.93. The van der Waals surface area contributed by atoms with Gasteiger partial charge in [0.05, 0.1) is 0 Å². The van der Waals surface area contributed by atoms with Gasteiger partial charge in [-0.2, -0.15) is 0 Å². The molecule has 0 amide bonds. The van der Waals surface area contributed by atoms with Crippen LogP contribution in [0, 0.1) is 5.82 Å². The number of ether oxygens (including phenoxy) is 1. The van der Waals surface area contributed by atoms with Crippen molar-refractivity contribution in [2.75, 3.05) is 18.6 Å². The summed E-state index contributed by atoms with van der Waals surface area (Å²) in [6.45, 7) is 2.94. The zero-order valence-corrected chi connectivity index (χ0v) is 12.1. The number of nitrogens with zero attached hydrogens (tertiary/aromatic N) is 3. The predicted molar refractivity (Wildman–Crippen MR) is 76.8 cm³/mol. The number of benzene rings is 1. The van der Waals surface area contributed by atoms with Crippen LogP contribution in [-0.4, -0.2) is 23.6 Å². The van der Waals surface area contributed by atoms with Crippen molar-refractivity contribution >= 4 is 23.1 Å². The number of aromatic nitrogens is 2. The normalized spacial score (nSPS) is 10.6. The van der Waals surface area contributed by atoms with Crippen LogP contribution < -0.4 is 4.90 Å². The Hall–Kier alpha value is -1.72. The highest BCUT2D eigenvalue weighted by Gasteiger charge is 2.12. The Bertz CT molecular complexity index is 577. The minimum absolute atomic E-state index is 0.273. The maximum atomic E-state index is 13.0. The van der Waals surface area contributed by atoms with E-state index in [4.69, 9.17) is 16.3 Å². The van der Waals surface area contributed by atoms with Gasteiger partial charge in [-0.15, -0.1) is 0 Å². The molecule has 0 unspecified atom stereocenters. The molecule has 0 N–H and O–H groups in total. The lowest BCUT2D eigenvalue weighted by Gasteiger charge is -2.22. The topological polar surface area (TPSA) is 38.2 Å². The van der Waals surface area contributed by atoms with Crippen LogP contribution in [0.3, 0.4) is 0 Å². The quantitative estimate of drug-likeness (QED) is 0.790. The van der Waals surface area contributed by atoms with E-state index in [0.717, 1.165) is 5.69 Å². The number of anilines is 2. The van der Waals surface area contributed by atoms with E-state index in [1.54, 1.807) is 25.3 Å². The van der Waals surface area contributed by atoms with Crippen LogP contribution in [0.4, 0.5) is 15.9 Å². The summed E-state index contributed by atoms with van der Waals surface area (Å²) in [6, 6.07) is 7.90. The number of hydrogen-bond donors (Lipinski definition) is 0. The summed E-state index contributed by atoms with van der Waals surface area (Å²) in [7, 11) is 1.57. The minimum Gasteiger partial charge on any atom is -0.377 e. The Labute approximate surface area is 122 Å². The number of hydrogen-bond acceptors (Lipinski definition) is 4. The highest BCUT2D eigenvalue weighted by Crippen LogP contribution is 2.25. The van der Waals surface area contributed by atoms with Gasteiger partial charge in [-0.3, -0.25) is 0 Å². The molecule has 0 saturated carbocycles. The maximum Gasteiger partial charge on any atom is 0.158 e. The van der Waals surface area contributed by atoms with Crippen LogP contribution in [0.2, 0.25) is 5.15 Å². The second-order valence-electron chi connectivity index (χ2n) is 4.12. The van der Waals surface area contributed by atoms with Gasteiger partial charge in [0.2, 0.25) is 0 Å². The fourth-order valence-corrected chi connectivity index (χ4v) is 2.08. The van der Waals surface area contributed by atoms with Crippen molar-refractivity contribution in [1.82, 2.24) is 9.97 Å². The first kappa shape index (κ1) is 14.7. The molecule has 0 aliphatic carbocycles. The van der Waals surface area contributed by atoms with E-state index in [2.05, 4.69) is 9.97 Å². The molecule has 0 aliphatic rings. The van der Waals surface area contributed by atoms with Crippen molar-refractivity contribution in [3.8, 4) is 0 Å². The number of halogens is 2. The second kappa shape index (κ2) is 6.63. The first-order valence-corrected chi connectivity index (χ1v) is 6.57. The predicted octanol–water partition coefficient (Wildman–Crippen LogP) is 3.57. The third kappa shape index (κ3) is 3.43. The van der Waals surface area contributed by atoms with Crippen LogP contribution >= 0.6 is 11.6 Å². The van der Waals surface area contributed by atoms with Gasteiger partial charge in [0.25, 0.3) is 0 Å². The van der Waals surface area contributed by atoms with Crippen molar-refractivity contribution < 1.29 is 9.13 Å². The zero-order valence-electron chi connectivity index (χ0n) is 11.3. The molecule has 0 atom stereocenters. The zero-order chi connectivity index (χ0) is 14.5. The molecular formula is C14H15ClFN3O. The van der Waals surface area contributed by atoms with E-state index >= 15 is 0 Å². The SMILES string of the molecule is CCN(c1ccc(F)cc1)c1cc(Cl)nc(COC)n1. The molecule has 2 rings (SSSR count). The van der Waals surface area contributed by atoms with Crippen molar-refractivity contribution in [2.24, 2.45) is 0 Å². The monoisotopic (exact) mass is 295 g/mol. The summed E-state index contributed by atoms with van der Waals surface area (Å²) in [5.41, 5.74) is 0.840. The average molecular weight is 296 g/mol. The fraction of sp³-hybridized carbons (Fsp3) is 0.286. The molecule has 4 nitrogen and oxygen atoms in total. The fourth-order valence-electron chi connectivity index (χ4n) is 1.88. The first-order chi connectivity index (χ1) is 9.63. The molecule has 0 radical (unpaired) electrons. The van der Waals surface area contributed by atoms with Gasteiger partial charge in [-0.25, -0.2) is 14.4 Å². The number of rotatable bonds is 5. The van der Waals surface area contributed by atoms with Gasteiger partial charge in [0, 0.05) is 25.4 Å². The molecule has 0 bridgehead atoms.